The van der Waals surface area contributed by atoms with Gasteiger partial charge in [-0.3, -0.25) is 0 Å². The molecule has 0 amide bonds. The van der Waals surface area contributed by atoms with E-state index in [1.807, 2.05) is 18.2 Å². The maximum atomic E-state index is 11.5. The van der Waals surface area contributed by atoms with Gasteiger partial charge in [-0.05, 0) is 26.0 Å². The Bertz CT molecular complexity index is 391. The molecule has 0 aliphatic rings. The summed E-state index contributed by atoms with van der Waals surface area (Å²) in [5.41, 5.74) is -2.45. The Labute approximate surface area is 108 Å². The third-order valence-corrected chi connectivity index (χ3v) is 2.12. The Morgan fingerprint density at radius 2 is 1.74 bits per heavy atom. The van der Waals surface area contributed by atoms with Gasteiger partial charge in [0.1, 0.15) is 0 Å². The molecule has 0 bridgehead atoms. The van der Waals surface area contributed by atoms with Gasteiger partial charge in [0.15, 0.2) is 0 Å². The van der Waals surface area contributed by atoms with E-state index in [4.69, 9.17) is 10.2 Å². The lowest BCUT2D eigenvalue weighted by Crippen LogP contribution is -2.49. The number of carboxylic acid groups (broad SMARTS) is 1. The third kappa shape index (κ3) is 5.60. The predicted molar refractivity (Wildman–Crippen MR) is 64.9 cm³/mol. The zero-order valence-corrected chi connectivity index (χ0v) is 10.5. The number of nitrogens with one attached hydrogen (secondary N) is 1. The van der Waals surface area contributed by atoms with Gasteiger partial charge in [-0.1, -0.05) is 18.2 Å². The molecule has 0 heterocycles. The van der Waals surface area contributed by atoms with Crippen molar-refractivity contribution in [1.29, 1.82) is 0 Å². The van der Waals surface area contributed by atoms with Crippen molar-refractivity contribution in [3.63, 3.8) is 0 Å². The first-order valence-corrected chi connectivity index (χ1v) is 5.44. The van der Waals surface area contributed by atoms with Crippen molar-refractivity contribution < 1.29 is 28.2 Å². The highest BCUT2D eigenvalue weighted by Gasteiger charge is 2.56. The van der Waals surface area contributed by atoms with Crippen LogP contribution in [0.15, 0.2) is 30.3 Å². The normalized spacial score (nSPS) is 13.8. The van der Waals surface area contributed by atoms with E-state index in [2.05, 4.69) is 24.4 Å². The molecule has 1 aromatic carbocycles. The molecule has 7 heteroatoms. The Balaban J connectivity index is 0.000000342. The molecule has 0 saturated heterocycles. The van der Waals surface area contributed by atoms with Gasteiger partial charge < -0.3 is 15.5 Å². The quantitative estimate of drug-likeness (QED) is 0.795. The first-order valence-electron chi connectivity index (χ1n) is 5.44. The number of alkyl halides is 3. The van der Waals surface area contributed by atoms with Gasteiger partial charge in [-0.2, -0.15) is 13.2 Å². The fraction of sp³-hybridized carbons (Fsp3) is 0.417. The lowest BCUT2D eigenvalue weighted by atomic mass is 10.1. The van der Waals surface area contributed by atoms with Gasteiger partial charge in [0, 0.05) is 12.2 Å². The fourth-order valence-electron chi connectivity index (χ4n) is 0.881. The molecule has 0 aliphatic carbocycles. The van der Waals surface area contributed by atoms with Gasteiger partial charge >= 0.3 is 12.1 Å². The summed E-state index contributed by atoms with van der Waals surface area (Å²) < 4.78 is 34.4. The number of hydrogen-bond donors (Lipinski definition) is 3. The number of aliphatic carboxylic acids is 1. The maximum absolute atomic E-state index is 11.5. The number of carbonyl (C=O) groups is 1. The largest absolute Gasteiger partial charge is 0.479 e. The Morgan fingerprint density at radius 3 is 2.00 bits per heavy atom. The molecule has 0 fully saturated rings. The third-order valence-electron chi connectivity index (χ3n) is 2.12. The van der Waals surface area contributed by atoms with E-state index in [9.17, 15) is 18.0 Å². The van der Waals surface area contributed by atoms with Crippen LogP contribution in [0.5, 0.6) is 0 Å². The fourth-order valence-corrected chi connectivity index (χ4v) is 0.881. The second-order valence-electron chi connectivity index (χ2n) is 3.77. The molecule has 0 saturated carbocycles. The molecule has 1 unspecified atom stereocenters. The zero-order valence-electron chi connectivity index (χ0n) is 10.5. The highest BCUT2D eigenvalue weighted by atomic mass is 19.4. The number of para-hydroxylation sites is 1. The summed E-state index contributed by atoms with van der Waals surface area (Å²) in [6.45, 7) is 3.26. The van der Waals surface area contributed by atoms with E-state index < -0.39 is 17.7 Å². The van der Waals surface area contributed by atoms with Crippen molar-refractivity contribution in [1.82, 2.24) is 0 Å². The second-order valence-corrected chi connectivity index (χ2v) is 3.77. The van der Waals surface area contributed by atoms with E-state index in [0.717, 1.165) is 6.54 Å². The summed E-state index contributed by atoms with van der Waals surface area (Å²) in [5.74, 6) is -2.31. The zero-order chi connectivity index (χ0) is 15.1. The Kier molecular flexibility index (Phi) is 6.34. The van der Waals surface area contributed by atoms with Crippen molar-refractivity contribution in [3.8, 4) is 0 Å². The van der Waals surface area contributed by atoms with Crippen molar-refractivity contribution in [2.45, 2.75) is 25.6 Å². The van der Waals surface area contributed by atoms with Crippen molar-refractivity contribution >= 4 is 11.7 Å². The van der Waals surface area contributed by atoms with Crippen LogP contribution in [0.3, 0.4) is 0 Å². The van der Waals surface area contributed by atoms with Gasteiger partial charge in [0.25, 0.3) is 5.60 Å². The van der Waals surface area contributed by atoms with Crippen molar-refractivity contribution in [2.75, 3.05) is 11.9 Å². The molecule has 1 rings (SSSR count). The standard InChI is InChI=1S/C8H11N.C4H5F3O3/c1-2-9-8-6-4-3-5-7-8;1-3(10,2(8)9)4(5,6)7/h3-7,9H,2H2,1H3;10H,1H3,(H,8,9). The van der Waals surface area contributed by atoms with Crippen molar-refractivity contribution in [2.24, 2.45) is 0 Å². The number of benzene rings is 1. The van der Waals surface area contributed by atoms with E-state index >= 15 is 0 Å². The summed E-state index contributed by atoms with van der Waals surface area (Å²) >= 11 is 0. The summed E-state index contributed by atoms with van der Waals surface area (Å²) in [7, 11) is 0. The molecule has 0 aliphatic heterocycles. The highest BCUT2D eigenvalue weighted by Crippen LogP contribution is 2.29. The molecule has 4 nitrogen and oxygen atoms in total. The number of anilines is 1. The molecular weight excluding hydrogens is 263 g/mol. The molecule has 1 atom stereocenters. The van der Waals surface area contributed by atoms with Gasteiger partial charge in [-0.15, -0.1) is 0 Å². The lowest BCUT2D eigenvalue weighted by Gasteiger charge is -2.20. The molecule has 0 spiro atoms. The topological polar surface area (TPSA) is 69.6 Å². The summed E-state index contributed by atoms with van der Waals surface area (Å²) in [6, 6.07) is 10.2. The molecule has 3 N–H and O–H groups in total. The molecule has 19 heavy (non-hydrogen) atoms. The SMILES string of the molecule is CC(O)(C(=O)O)C(F)(F)F.CCNc1ccccc1. The van der Waals surface area contributed by atoms with Crippen LogP contribution < -0.4 is 5.32 Å². The van der Waals surface area contributed by atoms with Gasteiger partial charge in [0.05, 0.1) is 0 Å². The Hall–Kier alpha value is -1.76. The maximum Gasteiger partial charge on any atom is 0.427 e. The van der Waals surface area contributed by atoms with E-state index in [-0.39, 0.29) is 6.92 Å². The minimum Gasteiger partial charge on any atom is -0.479 e. The van der Waals surface area contributed by atoms with Crippen LogP contribution in [0, 0.1) is 0 Å². The molecule has 0 aromatic heterocycles. The average Bonchev–Trinajstić information content (AvgIpc) is 2.30. The number of aliphatic hydroxyl groups is 1. The van der Waals surface area contributed by atoms with Crippen LogP contribution >= 0.6 is 0 Å². The lowest BCUT2D eigenvalue weighted by molar-refractivity contribution is -0.253. The highest BCUT2D eigenvalue weighted by molar-refractivity contribution is 5.77. The van der Waals surface area contributed by atoms with E-state index in [1.165, 1.54) is 5.69 Å². The van der Waals surface area contributed by atoms with Crippen LogP contribution in [-0.2, 0) is 4.79 Å². The van der Waals surface area contributed by atoms with Crippen LogP contribution in [0.1, 0.15) is 13.8 Å². The van der Waals surface area contributed by atoms with E-state index in [1.54, 1.807) is 0 Å². The van der Waals surface area contributed by atoms with Crippen LogP contribution in [0.2, 0.25) is 0 Å². The first kappa shape index (κ1) is 17.2. The number of rotatable bonds is 3. The predicted octanol–water partition coefficient (Wildman–Crippen LogP) is 2.50. The van der Waals surface area contributed by atoms with Gasteiger partial charge in [-0.25, -0.2) is 4.79 Å². The Morgan fingerprint density at radius 1 is 1.26 bits per heavy atom. The number of halogens is 3. The molecule has 108 valence electrons. The molecule has 0 radical (unpaired) electrons. The monoisotopic (exact) mass is 279 g/mol. The summed E-state index contributed by atoms with van der Waals surface area (Å²) in [6.07, 6.45) is -5.13. The second kappa shape index (κ2) is 6.98. The summed E-state index contributed by atoms with van der Waals surface area (Å²) in [5, 5.41) is 19.2. The summed E-state index contributed by atoms with van der Waals surface area (Å²) in [4.78, 5) is 9.70. The number of carboxylic acids is 1. The van der Waals surface area contributed by atoms with Crippen LogP contribution in [0.25, 0.3) is 0 Å². The average molecular weight is 279 g/mol. The van der Waals surface area contributed by atoms with Gasteiger partial charge in [0.2, 0.25) is 0 Å². The van der Waals surface area contributed by atoms with Crippen LogP contribution in [0.4, 0.5) is 18.9 Å². The van der Waals surface area contributed by atoms with Crippen LogP contribution in [-0.4, -0.2) is 34.5 Å². The smallest absolute Gasteiger partial charge is 0.427 e. The minimum absolute atomic E-state index is 0.176. The minimum atomic E-state index is -5.13. The number of hydrogen-bond acceptors (Lipinski definition) is 3. The molecule has 1 aromatic rings. The van der Waals surface area contributed by atoms with Crippen molar-refractivity contribution in [3.05, 3.63) is 30.3 Å². The van der Waals surface area contributed by atoms with E-state index in [0.29, 0.717) is 0 Å². The first-order chi connectivity index (χ1) is 8.63. The molecular formula is C12H16F3NO3.